The van der Waals surface area contributed by atoms with Gasteiger partial charge in [0.1, 0.15) is 6.04 Å². The Morgan fingerprint density at radius 2 is 2.05 bits per heavy atom. The van der Waals surface area contributed by atoms with Crippen molar-refractivity contribution in [1.82, 2.24) is 10.2 Å². The lowest BCUT2D eigenvalue weighted by Gasteiger charge is -2.24. The van der Waals surface area contributed by atoms with E-state index in [-0.39, 0.29) is 11.8 Å². The zero-order valence-electron chi connectivity index (χ0n) is 12.4. The Bertz CT molecular complexity index is 478. The molecule has 21 heavy (non-hydrogen) atoms. The van der Waals surface area contributed by atoms with Crippen LogP contribution in [0, 0.1) is 0 Å². The van der Waals surface area contributed by atoms with Gasteiger partial charge in [-0.25, -0.2) is 0 Å². The molecule has 1 aliphatic rings. The number of carbonyl (C=O) groups excluding carboxylic acids is 2. The lowest BCUT2D eigenvalue weighted by Crippen LogP contribution is -2.46. The Morgan fingerprint density at radius 3 is 2.76 bits per heavy atom. The first-order valence-electron chi connectivity index (χ1n) is 7.31. The van der Waals surface area contributed by atoms with Gasteiger partial charge in [-0.3, -0.25) is 9.59 Å². The van der Waals surface area contributed by atoms with Gasteiger partial charge in [-0.2, -0.15) is 11.8 Å². The first kappa shape index (κ1) is 15.9. The van der Waals surface area contributed by atoms with Crippen LogP contribution in [0.3, 0.4) is 0 Å². The molecule has 1 aliphatic heterocycles. The highest BCUT2D eigenvalue weighted by molar-refractivity contribution is 7.98. The average Bonchev–Trinajstić information content (AvgIpc) is 2.62. The highest BCUT2D eigenvalue weighted by Crippen LogP contribution is 2.11. The van der Waals surface area contributed by atoms with E-state index in [2.05, 4.69) is 11.6 Å². The minimum absolute atomic E-state index is 0.0309. The summed E-state index contributed by atoms with van der Waals surface area (Å²) < 4.78 is 0. The van der Waals surface area contributed by atoms with Crippen molar-refractivity contribution in [2.45, 2.75) is 25.3 Å². The monoisotopic (exact) mass is 306 g/mol. The second-order valence-electron chi connectivity index (χ2n) is 5.23. The van der Waals surface area contributed by atoms with E-state index in [0.717, 1.165) is 24.3 Å². The van der Waals surface area contributed by atoms with Crippen molar-refractivity contribution in [3.05, 3.63) is 35.9 Å². The van der Waals surface area contributed by atoms with E-state index >= 15 is 0 Å². The van der Waals surface area contributed by atoms with E-state index in [4.69, 9.17) is 0 Å². The van der Waals surface area contributed by atoms with Crippen LogP contribution in [0.2, 0.25) is 0 Å². The molecular formula is C16H22N2O2S. The van der Waals surface area contributed by atoms with E-state index in [1.807, 2.05) is 35.2 Å². The number of nitrogens with zero attached hydrogens (tertiary/aromatic N) is 1. The molecule has 4 nitrogen and oxygen atoms in total. The third kappa shape index (κ3) is 4.77. The number of nitrogens with one attached hydrogen (secondary N) is 1. The lowest BCUT2D eigenvalue weighted by molar-refractivity contribution is -0.133. The molecule has 0 bridgehead atoms. The summed E-state index contributed by atoms with van der Waals surface area (Å²) >= 11 is 1.78. The molecule has 114 valence electrons. The number of benzene rings is 1. The van der Waals surface area contributed by atoms with Gasteiger partial charge in [-0.1, -0.05) is 30.3 Å². The molecule has 1 fully saturated rings. The number of hydrogen-bond acceptors (Lipinski definition) is 3. The topological polar surface area (TPSA) is 49.4 Å². The van der Waals surface area contributed by atoms with Crippen LogP contribution in [0.1, 0.15) is 18.4 Å². The van der Waals surface area contributed by atoms with Crippen molar-refractivity contribution < 1.29 is 9.59 Å². The smallest absolute Gasteiger partial charge is 0.245 e. The maximum atomic E-state index is 12.6. The molecule has 0 aliphatic carbocycles. The van der Waals surface area contributed by atoms with Gasteiger partial charge in [0.05, 0.1) is 0 Å². The molecule has 0 radical (unpaired) electrons. The quantitative estimate of drug-likeness (QED) is 0.814. The summed E-state index contributed by atoms with van der Waals surface area (Å²) in [7, 11) is 0. The van der Waals surface area contributed by atoms with Gasteiger partial charge in [0.2, 0.25) is 11.8 Å². The van der Waals surface area contributed by atoms with Crippen molar-refractivity contribution in [3.8, 4) is 0 Å². The van der Waals surface area contributed by atoms with Crippen LogP contribution in [0.25, 0.3) is 0 Å². The Morgan fingerprint density at radius 1 is 1.29 bits per heavy atom. The van der Waals surface area contributed by atoms with Crippen molar-refractivity contribution in [2.75, 3.05) is 25.1 Å². The molecule has 1 heterocycles. The lowest BCUT2D eigenvalue weighted by atomic mass is 10.1. The van der Waals surface area contributed by atoms with Crippen LogP contribution in [0.4, 0.5) is 0 Å². The summed E-state index contributed by atoms with van der Waals surface area (Å²) in [6.07, 6.45) is 3.99. The molecule has 2 rings (SSSR count). The Labute approximate surface area is 130 Å². The van der Waals surface area contributed by atoms with Crippen LogP contribution < -0.4 is 5.32 Å². The van der Waals surface area contributed by atoms with Gasteiger partial charge in [0.15, 0.2) is 0 Å². The fraction of sp³-hybridized carbons (Fsp3) is 0.500. The second-order valence-corrected chi connectivity index (χ2v) is 6.22. The highest BCUT2D eigenvalue weighted by atomic mass is 32.2. The summed E-state index contributed by atoms with van der Waals surface area (Å²) in [6, 6.07) is 9.40. The minimum atomic E-state index is -0.434. The maximum Gasteiger partial charge on any atom is 0.245 e. The van der Waals surface area contributed by atoms with Gasteiger partial charge >= 0.3 is 0 Å². The molecule has 0 aromatic heterocycles. The number of rotatable bonds is 6. The minimum Gasteiger partial charge on any atom is -0.344 e. The molecule has 5 heteroatoms. The van der Waals surface area contributed by atoms with Crippen molar-refractivity contribution in [1.29, 1.82) is 0 Å². The van der Waals surface area contributed by atoms with Gasteiger partial charge < -0.3 is 10.2 Å². The number of thioether (sulfide) groups is 1. The van der Waals surface area contributed by atoms with E-state index in [0.29, 0.717) is 19.4 Å². The average molecular weight is 306 g/mol. The molecule has 1 saturated heterocycles. The summed E-state index contributed by atoms with van der Waals surface area (Å²) in [5.41, 5.74) is 1.07. The third-order valence-electron chi connectivity index (χ3n) is 3.61. The van der Waals surface area contributed by atoms with Crippen LogP contribution in [0.15, 0.2) is 30.3 Å². The third-order valence-corrected chi connectivity index (χ3v) is 4.31. The van der Waals surface area contributed by atoms with E-state index in [9.17, 15) is 9.59 Å². The molecule has 2 amide bonds. The van der Waals surface area contributed by atoms with Gasteiger partial charge in [-0.15, -0.1) is 0 Å². The second kappa shape index (κ2) is 8.08. The van der Waals surface area contributed by atoms with Crippen LogP contribution in [0.5, 0.6) is 0 Å². The predicted molar refractivity (Wildman–Crippen MR) is 86.3 cm³/mol. The maximum absolute atomic E-state index is 12.6. The van der Waals surface area contributed by atoms with Crippen LogP contribution >= 0.6 is 11.8 Å². The first-order chi connectivity index (χ1) is 10.2. The molecule has 1 N–H and O–H groups in total. The van der Waals surface area contributed by atoms with Gasteiger partial charge in [0, 0.05) is 25.9 Å². The van der Waals surface area contributed by atoms with Gasteiger partial charge in [-0.05, 0) is 24.0 Å². The SMILES string of the molecule is CSCCCN1CCC(=O)NC(Cc2ccccc2)C1=O. The number of carbonyl (C=O) groups is 2. The number of hydrogen-bond donors (Lipinski definition) is 1. The fourth-order valence-corrected chi connectivity index (χ4v) is 2.92. The van der Waals surface area contributed by atoms with E-state index in [1.165, 1.54) is 0 Å². The molecule has 0 spiro atoms. The number of amides is 2. The molecule has 1 unspecified atom stereocenters. The standard InChI is InChI=1S/C16H22N2O2S/c1-21-11-5-9-18-10-8-15(19)17-14(16(18)20)12-13-6-3-2-4-7-13/h2-4,6-7,14H,5,8-12H2,1H3,(H,17,19). The summed E-state index contributed by atoms with van der Waals surface area (Å²) in [5.74, 6) is 1.05. The normalized spacial score (nSPS) is 19.3. The molecule has 1 atom stereocenters. The van der Waals surface area contributed by atoms with Crippen LogP contribution in [-0.4, -0.2) is 47.9 Å². The van der Waals surface area contributed by atoms with E-state index in [1.54, 1.807) is 11.8 Å². The Balaban J connectivity index is 2.03. The van der Waals surface area contributed by atoms with Crippen molar-refractivity contribution >= 4 is 23.6 Å². The summed E-state index contributed by atoms with van der Waals surface area (Å²) in [5, 5.41) is 2.86. The zero-order chi connectivity index (χ0) is 15.1. The molecular weight excluding hydrogens is 284 g/mol. The highest BCUT2D eigenvalue weighted by Gasteiger charge is 2.29. The van der Waals surface area contributed by atoms with Crippen molar-refractivity contribution in [3.63, 3.8) is 0 Å². The largest absolute Gasteiger partial charge is 0.344 e. The predicted octanol–water partition coefficient (Wildman–Crippen LogP) is 1.70. The van der Waals surface area contributed by atoms with Gasteiger partial charge in [0.25, 0.3) is 0 Å². The first-order valence-corrected chi connectivity index (χ1v) is 8.71. The summed E-state index contributed by atoms with van der Waals surface area (Å²) in [6.45, 7) is 1.27. The molecule has 1 aromatic carbocycles. The van der Waals surface area contributed by atoms with E-state index < -0.39 is 6.04 Å². The van der Waals surface area contributed by atoms with Crippen LogP contribution in [-0.2, 0) is 16.0 Å². The Hall–Kier alpha value is -1.49. The fourth-order valence-electron chi connectivity index (χ4n) is 2.51. The Kier molecular flexibility index (Phi) is 6.11. The molecule has 1 aromatic rings. The zero-order valence-corrected chi connectivity index (χ0v) is 13.2. The molecule has 0 saturated carbocycles. The van der Waals surface area contributed by atoms with Crippen molar-refractivity contribution in [2.24, 2.45) is 0 Å². The summed E-state index contributed by atoms with van der Waals surface area (Å²) in [4.78, 5) is 26.2.